The molecule has 1 aliphatic heterocycles. The van der Waals surface area contributed by atoms with Crippen LogP contribution >= 0.6 is 11.6 Å². The first-order valence-electron chi connectivity index (χ1n) is 8.19. The lowest BCUT2D eigenvalue weighted by Gasteiger charge is -2.30. The summed E-state index contributed by atoms with van der Waals surface area (Å²) in [4.78, 5) is 17.3. The van der Waals surface area contributed by atoms with Crippen LogP contribution in [0.5, 0.6) is 5.75 Å². The highest BCUT2D eigenvalue weighted by atomic mass is 35.5. The van der Waals surface area contributed by atoms with Crippen LogP contribution in [0.15, 0.2) is 54.9 Å². The zero-order valence-electron chi connectivity index (χ0n) is 13.7. The highest BCUT2D eigenvalue weighted by molar-refractivity contribution is 6.30. The van der Waals surface area contributed by atoms with Gasteiger partial charge in [0.15, 0.2) is 0 Å². The Balaban J connectivity index is 1.70. The molecule has 25 heavy (non-hydrogen) atoms. The van der Waals surface area contributed by atoms with E-state index in [1.807, 2.05) is 43.3 Å². The van der Waals surface area contributed by atoms with Crippen molar-refractivity contribution in [3.8, 4) is 5.75 Å². The van der Waals surface area contributed by atoms with E-state index >= 15 is 0 Å². The molecule has 1 N–H and O–H groups in total. The minimum Gasteiger partial charge on any atom is -0.493 e. The number of nitrogens with one attached hydrogen (secondary N) is 1. The van der Waals surface area contributed by atoms with Gasteiger partial charge >= 0.3 is 0 Å². The van der Waals surface area contributed by atoms with Crippen LogP contribution in [-0.2, 0) is 4.79 Å². The van der Waals surface area contributed by atoms with Crippen molar-refractivity contribution in [3.63, 3.8) is 0 Å². The average molecular weight is 353 g/mol. The van der Waals surface area contributed by atoms with E-state index in [9.17, 15) is 4.79 Å². The van der Waals surface area contributed by atoms with E-state index in [2.05, 4.69) is 10.3 Å². The molecule has 4 rings (SSSR count). The van der Waals surface area contributed by atoms with Crippen molar-refractivity contribution in [2.75, 3.05) is 11.9 Å². The zero-order valence-corrected chi connectivity index (χ0v) is 14.5. The van der Waals surface area contributed by atoms with E-state index in [0.717, 1.165) is 22.1 Å². The number of amides is 1. The molecule has 5 heteroatoms. The maximum Gasteiger partial charge on any atom is 0.232 e. The molecule has 0 radical (unpaired) electrons. The maximum absolute atomic E-state index is 13.1. The third-order valence-corrected chi connectivity index (χ3v) is 4.82. The van der Waals surface area contributed by atoms with Gasteiger partial charge in [-0.25, -0.2) is 0 Å². The molecule has 2 heterocycles. The number of fused-ring (bicyclic) bond motifs is 2. The number of ether oxygens (including phenoxy) is 1. The molecule has 0 saturated heterocycles. The number of nitrogens with zero attached hydrogens (tertiary/aromatic N) is 1. The van der Waals surface area contributed by atoms with E-state index in [4.69, 9.17) is 16.3 Å². The van der Waals surface area contributed by atoms with Gasteiger partial charge in [-0.1, -0.05) is 42.8 Å². The Morgan fingerprint density at radius 1 is 1.24 bits per heavy atom. The Morgan fingerprint density at radius 2 is 2.08 bits per heavy atom. The molecule has 0 fully saturated rings. The maximum atomic E-state index is 13.1. The van der Waals surface area contributed by atoms with E-state index in [0.29, 0.717) is 17.3 Å². The molecule has 0 spiro atoms. The Morgan fingerprint density at radius 3 is 2.96 bits per heavy atom. The summed E-state index contributed by atoms with van der Waals surface area (Å²) < 4.78 is 5.74. The molecule has 1 aliphatic rings. The smallest absolute Gasteiger partial charge is 0.232 e. The number of anilines is 1. The first-order valence-corrected chi connectivity index (χ1v) is 8.57. The first-order chi connectivity index (χ1) is 12.1. The van der Waals surface area contributed by atoms with Crippen LogP contribution in [-0.4, -0.2) is 17.5 Å². The Hall–Kier alpha value is -2.59. The van der Waals surface area contributed by atoms with Crippen LogP contribution in [0.25, 0.3) is 10.8 Å². The van der Waals surface area contributed by atoms with Crippen LogP contribution < -0.4 is 10.1 Å². The normalized spacial score (nSPS) is 19.1. The molecule has 126 valence electrons. The van der Waals surface area contributed by atoms with Crippen molar-refractivity contribution < 1.29 is 9.53 Å². The Labute approximate surface area is 150 Å². The van der Waals surface area contributed by atoms with Crippen molar-refractivity contribution in [2.45, 2.75) is 12.8 Å². The lowest BCUT2D eigenvalue weighted by molar-refractivity contribution is -0.119. The molecule has 3 aromatic rings. The number of pyridine rings is 1. The van der Waals surface area contributed by atoms with Gasteiger partial charge in [0.25, 0.3) is 0 Å². The largest absolute Gasteiger partial charge is 0.493 e. The molecule has 0 unspecified atom stereocenters. The number of hydrogen-bond donors (Lipinski definition) is 1. The number of halogens is 1. The van der Waals surface area contributed by atoms with Gasteiger partial charge in [-0.15, -0.1) is 0 Å². The average Bonchev–Trinajstić information content (AvgIpc) is 2.61. The number of hydrogen-bond acceptors (Lipinski definition) is 3. The van der Waals surface area contributed by atoms with Gasteiger partial charge in [-0.05, 0) is 18.2 Å². The summed E-state index contributed by atoms with van der Waals surface area (Å²) in [5.74, 6) is 0.381. The van der Waals surface area contributed by atoms with Gasteiger partial charge in [0.05, 0.1) is 24.4 Å². The summed E-state index contributed by atoms with van der Waals surface area (Å²) in [5, 5.41) is 5.60. The molecule has 2 atom stereocenters. The number of carbonyl (C=O) groups excluding carboxylic acids is 1. The summed E-state index contributed by atoms with van der Waals surface area (Å²) in [6.45, 7) is 2.51. The highest BCUT2D eigenvalue weighted by Crippen LogP contribution is 2.39. The molecular formula is C20H17ClN2O2. The van der Waals surface area contributed by atoms with E-state index in [1.165, 1.54) is 0 Å². The standard InChI is InChI=1S/C20H17ClN2O2/c1-12-11-25-18-7-6-14(21)8-16(18)19(12)20(24)23-17-10-22-9-13-4-2-3-5-15(13)17/h2-10,12,19H,11H2,1H3,(H,23,24)/t12-,19+/m0/s1. The van der Waals surface area contributed by atoms with Crippen LogP contribution in [0.2, 0.25) is 5.02 Å². The predicted molar refractivity (Wildman–Crippen MR) is 99.2 cm³/mol. The quantitative estimate of drug-likeness (QED) is 0.731. The van der Waals surface area contributed by atoms with E-state index < -0.39 is 0 Å². The minimum atomic E-state index is -0.318. The molecule has 0 bridgehead atoms. The molecule has 0 aliphatic carbocycles. The SMILES string of the molecule is C[C@H]1COc2ccc(Cl)cc2[C@@H]1C(=O)Nc1cncc2ccccc12. The summed E-state index contributed by atoms with van der Waals surface area (Å²) in [5.41, 5.74) is 1.54. The second kappa shape index (κ2) is 6.37. The van der Waals surface area contributed by atoms with Crippen LogP contribution in [0.1, 0.15) is 18.4 Å². The van der Waals surface area contributed by atoms with E-state index in [-0.39, 0.29) is 17.7 Å². The van der Waals surface area contributed by atoms with E-state index in [1.54, 1.807) is 18.5 Å². The van der Waals surface area contributed by atoms with Gasteiger partial charge < -0.3 is 10.1 Å². The van der Waals surface area contributed by atoms with Crippen LogP contribution in [0.3, 0.4) is 0 Å². The van der Waals surface area contributed by atoms with Crippen LogP contribution in [0, 0.1) is 5.92 Å². The molecule has 1 amide bonds. The fourth-order valence-corrected chi connectivity index (χ4v) is 3.52. The van der Waals surface area contributed by atoms with Crippen molar-refractivity contribution in [2.24, 2.45) is 5.92 Å². The lowest BCUT2D eigenvalue weighted by atomic mass is 9.84. The van der Waals surface area contributed by atoms with Crippen molar-refractivity contribution >= 4 is 34.0 Å². The topological polar surface area (TPSA) is 51.2 Å². The summed E-state index contributed by atoms with van der Waals surface area (Å²) in [7, 11) is 0. The third-order valence-electron chi connectivity index (χ3n) is 4.59. The second-order valence-electron chi connectivity index (χ2n) is 6.35. The van der Waals surface area contributed by atoms with Gasteiger partial charge in [-0.3, -0.25) is 9.78 Å². The third kappa shape index (κ3) is 2.94. The molecular weight excluding hydrogens is 336 g/mol. The molecule has 1 aromatic heterocycles. The second-order valence-corrected chi connectivity index (χ2v) is 6.78. The fraction of sp³-hybridized carbons (Fsp3) is 0.200. The summed E-state index contributed by atoms with van der Waals surface area (Å²) in [6, 6.07) is 13.3. The van der Waals surface area contributed by atoms with Crippen molar-refractivity contribution in [1.82, 2.24) is 4.98 Å². The summed E-state index contributed by atoms with van der Waals surface area (Å²) >= 11 is 6.14. The molecule has 2 aromatic carbocycles. The van der Waals surface area contributed by atoms with Crippen LogP contribution in [0.4, 0.5) is 5.69 Å². The summed E-state index contributed by atoms with van der Waals surface area (Å²) in [6.07, 6.45) is 3.47. The minimum absolute atomic E-state index is 0.0499. The van der Waals surface area contributed by atoms with Gasteiger partial charge in [-0.2, -0.15) is 0 Å². The zero-order chi connectivity index (χ0) is 17.4. The Bertz CT molecular complexity index is 952. The molecule has 4 nitrogen and oxygen atoms in total. The van der Waals surface area contributed by atoms with Crippen molar-refractivity contribution in [3.05, 3.63) is 65.4 Å². The Kier molecular flexibility index (Phi) is 4.06. The predicted octanol–water partition coefficient (Wildman–Crippen LogP) is 4.64. The number of aromatic nitrogens is 1. The van der Waals surface area contributed by atoms with Gasteiger partial charge in [0.2, 0.25) is 5.91 Å². The number of carbonyl (C=O) groups is 1. The van der Waals surface area contributed by atoms with Gasteiger partial charge in [0.1, 0.15) is 5.75 Å². The van der Waals surface area contributed by atoms with Gasteiger partial charge in [0, 0.05) is 33.5 Å². The fourth-order valence-electron chi connectivity index (χ4n) is 3.34. The number of benzene rings is 2. The lowest BCUT2D eigenvalue weighted by Crippen LogP contribution is -2.33. The monoisotopic (exact) mass is 352 g/mol. The highest BCUT2D eigenvalue weighted by Gasteiger charge is 2.34. The first kappa shape index (κ1) is 15.9. The molecule has 0 saturated carbocycles. The number of rotatable bonds is 2. The van der Waals surface area contributed by atoms with Crippen molar-refractivity contribution in [1.29, 1.82) is 0 Å².